The molecule has 1 atom stereocenters. The van der Waals surface area contributed by atoms with Gasteiger partial charge in [0.1, 0.15) is 11.9 Å². The lowest BCUT2D eigenvalue weighted by molar-refractivity contribution is 0.0319. The summed E-state index contributed by atoms with van der Waals surface area (Å²) < 4.78 is 11.9. The van der Waals surface area contributed by atoms with E-state index in [2.05, 4.69) is 13.8 Å². The summed E-state index contributed by atoms with van der Waals surface area (Å²) in [6.07, 6.45) is 15.2. The second kappa shape index (κ2) is 10.9. The number of methoxy groups -OCH3 is 1. The van der Waals surface area contributed by atoms with Gasteiger partial charge in [0.2, 0.25) is 5.88 Å². The third kappa shape index (κ3) is 5.57. The number of aliphatic hydroxyl groups excluding tert-OH is 1. The summed E-state index contributed by atoms with van der Waals surface area (Å²) in [5.41, 5.74) is 2.19. The number of hydrogen-bond donors (Lipinski definition) is 1. The number of pyridine rings is 1. The molecule has 4 rings (SSSR count). The molecule has 2 aromatic rings. The zero-order valence-electron chi connectivity index (χ0n) is 19.9. The third-order valence-electron chi connectivity index (χ3n) is 7.35. The quantitative estimate of drug-likeness (QED) is 0.594. The lowest BCUT2D eigenvalue weighted by Crippen LogP contribution is -2.28. The Bertz CT molecular complexity index is 874. The van der Waals surface area contributed by atoms with Crippen molar-refractivity contribution in [3.8, 4) is 5.88 Å². The number of fused-ring (bicyclic) bond motifs is 1. The van der Waals surface area contributed by atoms with Crippen molar-refractivity contribution in [2.45, 2.75) is 109 Å². The van der Waals surface area contributed by atoms with E-state index in [1.54, 1.807) is 7.11 Å². The molecule has 0 radical (unpaired) electrons. The van der Waals surface area contributed by atoms with E-state index in [0.717, 1.165) is 74.5 Å². The summed E-state index contributed by atoms with van der Waals surface area (Å²) in [6, 6.07) is 0. The molecule has 32 heavy (non-hydrogen) atoms. The highest BCUT2D eigenvalue weighted by molar-refractivity contribution is 5.85. The van der Waals surface area contributed by atoms with Crippen LogP contribution in [0.4, 0.5) is 0 Å². The third-order valence-corrected chi connectivity index (χ3v) is 7.35. The summed E-state index contributed by atoms with van der Waals surface area (Å²) in [4.78, 5) is 14.5. The van der Waals surface area contributed by atoms with E-state index in [0.29, 0.717) is 23.8 Å². The Kier molecular flexibility index (Phi) is 7.95. The Labute approximate surface area is 192 Å². The molecule has 1 N–H and O–H groups in total. The first-order valence-corrected chi connectivity index (χ1v) is 12.6. The topological polar surface area (TPSA) is 77.4 Å². The van der Waals surface area contributed by atoms with Gasteiger partial charge in [0.05, 0.1) is 23.1 Å². The number of hydrogen-bond acceptors (Lipinski definition) is 6. The molecule has 0 amide bonds. The molecule has 0 aliphatic heterocycles. The van der Waals surface area contributed by atoms with Crippen LogP contribution in [0.5, 0.6) is 5.88 Å². The van der Waals surface area contributed by atoms with Crippen LogP contribution >= 0.6 is 0 Å². The van der Waals surface area contributed by atoms with E-state index in [-0.39, 0.29) is 12.2 Å². The lowest BCUT2D eigenvalue weighted by atomic mass is 9.82. The van der Waals surface area contributed by atoms with Crippen molar-refractivity contribution in [2.24, 2.45) is 5.92 Å². The predicted octanol–water partition coefficient (Wildman–Crippen LogP) is 5.36. The van der Waals surface area contributed by atoms with Crippen molar-refractivity contribution in [3.05, 3.63) is 23.8 Å². The van der Waals surface area contributed by atoms with E-state index in [4.69, 9.17) is 24.4 Å². The summed E-state index contributed by atoms with van der Waals surface area (Å²) >= 11 is 0. The molecule has 0 bridgehead atoms. The highest BCUT2D eigenvalue weighted by atomic mass is 16.5. The van der Waals surface area contributed by atoms with Gasteiger partial charge in [-0.2, -0.15) is 0 Å². The normalized spacial score (nSPS) is 27.4. The molecule has 176 valence electrons. The molecule has 0 spiro atoms. The summed E-state index contributed by atoms with van der Waals surface area (Å²) in [6.45, 7) is 4.50. The van der Waals surface area contributed by atoms with Gasteiger partial charge in [0, 0.05) is 31.5 Å². The van der Waals surface area contributed by atoms with Crippen LogP contribution in [0.2, 0.25) is 0 Å². The van der Waals surface area contributed by atoms with Crippen LogP contribution < -0.4 is 4.74 Å². The number of nitrogens with zero attached hydrogens (tertiary/aromatic N) is 3. The first-order chi connectivity index (χ1) is 15.6. The highest BCUT2D eigenvalue weighted by Crippen LogP contribution is 2.38. The molecule has 6 nitrogen and oxygen atoms in total. The van der Waals surface area contributed by atoms with Crippen molar-refractivity contribution in [1.82, 2.24) is 15.0 Å². The molecule has 2 aliphatic carbocycles. The van der Waals surface area contributed by atoms with E-state index >= 15 is 0 Å². The minimum absolute atomic E-state index is 0.164. The molecule has 0 saturated heterocycles. The van der Waals surface area contributed by atoms with Gasteiger partial charge >= 0.3 is 0 Å². The second-order valence-electron chi connectivity index (χ2n) is 9.92. The van der Waals surface area contributed by atoms with Gasteiger partial charge in [-0.25, -0.2) is 15.0 Å². The van der Waals surface area contributed by atoms with Crippen LogP contribution in [0.25, 0.3) is 10.9 Å². The number of ether oxygens (including phenoxy) is 2. The van der Waals surface area contributed by atoms with Crippen LogP contribution in [0.3, 0.4) is 0 Å². The van der Waals surface area contributed by atoms with Crippen LogP contribution in [0, 0.1) is 5.92 Å². The number of aromatic nitrogens is 3. The standard InChI is InChI=1S/C26H39N3O3/c1-4-5-17(2)14-24-27-16-23-25(29-24)22(18-6-8-19(30)9-7-18)15-28-26(23)32-21-12-10-20(31-3)11-13-21/h15-21,30H,4-14H2,1-3H3. The molecule has 2 heterocycles. The first kappa shape index (κ1) is 23.4. The summed E-state index contributed by atoms with van der Waals surface area (Å²) in [5, 5.41) is 10.9. The van der Waals surface area contributed by atoms with E-state index in [1.165, 1.54) is 18.4 Å². The molecule has 6 heteroatoms. The molecular weight excluding hydrogens is 402 g/mol. The molecule has 1 unspecified atom stereocenters. The van der Waals surface area contributed by atoms with E-state index in [1.807, 2.05) is 12.4 Å². The van der Waals surface area contributed by atoms with Gasteiger partial charge in [-0.3, -0.25) is 0 Å². The van der Waals surface area contributed by atoms with Crippen LogP contribution in [-0.4, -0.2) is 45.5 Å². The maximum atomic E-state index is 9.97. The monoisotopic (exact) mass is 441 g/mol. The predicted molar refractivity (Wildman–Crippen MR) is 126 cm³/mol. The Morgan fingerprint density at radius 3 is 2.41 bits per heavy atom. The van der Waals surface area contributed by atoms with Gasteiger partial charge in [-0.1, -0.05) is 26.7 Å². The van der Waals surface area contributed by atoms with Gasteiger partial charge in [0.15, 0.2) is 0 Å². The molecule has 0 aromatic carbocycles. The van der Waals surface area contributed by atoms with Gasteiger partial charge in [0.25, 0.3) is 0 Å². The van der Waals surface area contributed by atoms with Gasteiger partial charge in [-0.05, 0) is 63.2 Å². The maximum absolute atomic E-state index is 9.97. The maximum Gasteiger partial charge on any atom is 0.224 e. The zero-order valence-corrected chi connectivity index (χ0v) is 19.9. The van der Waals surface area contributed by atoms with Crippen molar-refractivity contribution < 1.29 is 14.6 Å². The average molecular weight is 442 g/mol. The molecule has 2 aromatic heterocycles. The minimum atomic E-state index is -0.171. The lowest BCUT2D eigenvalue weighted by Gasteiger charge is -2.29. The second-order valence-corrected chi connectivity index (χ2v) is 9.92. The number of rotatable bonds is 8. The molecule has 2 aliphatic rings. The Morgan fingerprint density at radius 2 is 1.72 bits per heavy atom. The SMILES string of the molecule is CCCC(C)Cc1ncc2c(OC3CCC(OC)CC3)ncc(C3CCC(O)CC3)c2n1. The Balaban J connectivity index is 1.62. The summed E-state index contributed by atoms with van der Waals surface area (Å²) in [5.74, 6) is 2.52. The smallest absolute Gasteiger partial charge is 0.224 e. The van der Waals surface area contributed by atoms with Crippen LogP contribution in [-0.2, 0) is 11.2 Å². The summed E-state index contributed by atoms with van der Waals surface area (Å²) in [7, 11) is 1.79. The Morgan fingerprint density at radius 1 is 1.00 bits per heavy atom. The van der Waals surface area contributed by atoms with Crippen LogP contribution in [0.1, 0.15) is 95.4 Å². The minimum Gasteiger partial charge on any atom is -0.474 e. The average Bonchev–Trinajstić information content (AvgIpc) is 2.80. The number of aliphatic hydroxyl groups is 1. The molecule has 2 fully saturated rings. The van der Waals surface area contributed by atoms with Crippen molar-refractivity contribution in [1.29, 1.82) is 0 Å². The van der Waals surface area contributed by atoms with Crippen molar-refractivity contribution in [3.63, 3.8) is 0 Å². The largest absolute Gasteiger partial charge is 0.474 e. The van der Waals surface area contributed by atoms with Gasteiger partial charge in [-0.15, -0.1) is 0 Å². The highest BCUT2D eigenvalue weighted by Gasteiger charge is 2.27. The molecular formula is C26H39N3O3. The zero-order chi connectivity index (χ0) is 22.5. The van der Waals surface area contributed by atoms with Crippen molar-refractivity contribution >= 4 is 10.9 Å². The Hall–Kier alpha value is -1.79. The van der Waals surface area contributed by atoms with E-state index < -0.39 is 0 Å². The van der Waals surface area contributed by atoms with Crippen molar-refractivity contribution in [2.75, 3.05) is 7.11 Å². The first-order valence-electron chi connectivity index (χ1n) is 12.6. The fraction of sp³-hybridized carbons (Fsp3) is 0.731. The van der Waals surface area contributed by atoms with E-state index in [9.17, 15) is 5.11 Å². The fourth-order valence-electron chi connectivity index (χ4n) is 5.38. The van der Waals surface area contributed by atoms with Gasteiger partial charge < -0.3 is 14.6 Å². The molecule has 2 saturated carbocycles. The fourth-order valence-corrected chi connectivity index (χ4v) is 5.38. The van der Waals surface area contributed by atoms with Crippen LogP contribution in [0.15, 0.2) is 12.4 Å².